The Morgan fingerprint density at radius 2 is 2.00 bits per heavy atom. The fourth-order valence-electron chi connectivity index (χ4n) is 3.18. The number of carboxylic acid groups (broad SMARTS) is 1. The van der Waals surface area contributed by atoms with E-state index in [9.17, 15) is 14.7 Å². The molecule has 2 aliphatic heterocycles. The normalized spacial score (nSPS) is 30.3. The van der Waals surface area contributed by atoms with Crippen molar-refractivity contribution in [2.75, 3.05) is 33.3 Å². The van der Waals surface area contributed by atoms with Crippen LogP contribution in [0.2, 0.25) is 0 Å². The lowest BCUT2D eigenvalue weighted by Crippen LogP contribution is -2.45. The number of carbonyl (C=O) groups excluding carboxylic acids is 1. The van der Waals surface area contributed by atoms with E-state index < -0.39 is 11.4 Å². The second-order valence-corrected chi connectivity index (χ2v) is 6.16. The van der Waals surface area contributed by atoms with Gasteiger partial charge in [0.1, 0.15) is 0 Å². The molecule has 2 unspecified atom stereocenters. The minimum atomic E-state index is -0.796. The highest BCUT2D eigenvalue weighted by atomic mass is 16.5. The summed E-state index contributed by atoms with van der Waals surface area (Å²) in [5.41, 5.74) is -0.796. The van der Waals surface area contributed by atoms with Crippen molar-refractivity contribution >= 4 is 12.0 Å². The molecule has 6 nitrogen and oxygen atoms in total. The van der Waals surface area contributed by atoms with E-state index >= 15 is 0 Å². The number of methoxy groups -OCH3 is 1. The molecule has 2 atom stereocenters. The van der Waals surface area contributed by atoms with Crippen molar-refractivity contribution in [2.45, 2.75) is 32.8 Å². The standard InChI is InChI=1S/C14H24N2O4/c1-10(2)14(12(17)18)5-7-16(9-14)13(19)15-6-4-11(8-15)20-3/h10-11H,4-9H2,1-3H3,(H,17,18). The number of aliphatic carboxylic acids is 1. The summed E-state index contributed by atoms with van der Waals surface area (Å²) in [6.07, 6.45) is 1.49. The predicted octanol–water partition coefficient (Wildman–Crippen LogP) is 1.26. The summed E-state index contributed by atoms with van der Waals surface area (Å²) in [7, 11) is 1.66. The van der Waals surface area contributed by atoms with Crippen LogP contribution in [0.3, 0.4) is 0 Å². The summed E-state index contributed by atoms with van der Waals surface area (Å²) >= 11 is 0. The number of nitrogens with zero attached hydrogens (tertiary/aromatic N) is 2. The van der Waals surface area contributed by atoms with E-state index in [1.807, 2.05) is 13.8 Å². The van der Waals surface area contributed by atoms with Crippen molar-refractivity contribution < 1.29 is 19.4 Å². The molecule has 2 rings (SSSR count). The van der Waals surface area contributed by atoms with E-state index in [1.165, 1.54) is 0 Å². The fraction of sp³-hybridized carbons (Fsp3) is 0.857. The second kappa shape index (κ2) is 5.60. The van der Waals surface area contributed by atoms with Gasteiger partial charge in [0.15, 0.2) is 0 Å². The molecular formula is C14H24N2O4. The van der Waals surface area contributed by atoms with Crippen molar-refractivity contribution in [1.29, 1.82) is 0 Å². The highest BCUT2D eigenvalue weighted by Gasteiger charge is 2.49. The molecule has 0 spiro atoms. The maximum atomic E-state index is 12.4. The first-order valence-electron chi connectivity index (χ1n) is 7.20. The van der Waals surface area contributed by atoms with E-state index in [0.29, 0.717) is 32.6 Å². The van der Waals surface area contributed by atoms with Crippen LogP contribution in [0.15, 0.2) is 0 Å². The minimum Gasteiger partial charge on any atom is -0.481 e. The topological polar surface area (TPSA) is 70.1 Å². The van der Waals surface area contributed by atoms with Crippen molar-refractivity contribution in [3.8, 4) is 0 Å². The zero-order valence-electron chi connectivity index (χ0n) is 12.5. The maximum absolute atomic E-state index is 12.4. The van der Waals surface area contributed by atoms with Gasteiger partial charge in [0, 0.05) is 33.3 Å². The number of carboxylic acids is 1. The van der Waals surface area contributed by atoms with Crippen molar-refractivity contribution in [2.24, 2.45) is 11.3 Å². The summed E-state index contributed by atoms with van der Waals surface area (Å²) < 4.78 is 5.27. The Morgan fingerprint density at radius 1 is 1.30 bits per heavy atom. The number of hydrogen-bond donors (Lipinski definition) is 1. The Hall–Kier alpha value is -1.30. The van der Waals surface area contributed by atoms with Gasteiger partial charge in [-0.3, -0.25) is 4.79 Å². The van der Waals surface area contributed by atoms with Crippen LogP contribution in [0.4, 0.5) is 4.79 Å². The van der Waals surface area contributed by atoms with Gasteiger partial charge < -0.3 is 19.6 Å². The maximum Gasteiger partial charge on any atom is 0.320 e. The zero-order chi connectivity index (χ0) is 14.9. The lowest BCUT2D eigenvalue weighted by Gasteiger charge is -2.30. The molecule has 0 aliphatic carbocycles. The zero-order valence-corrected chi connectivity index (χ0v) is 12.5. The molecule has 2 saturated heterocycles. The largest absolute Gasteiger partial charge is 0.481 e. The third kappa shape index (κ3) is 2.49. The van der Waals surface area contributed by atoms with E-state index in [0.717, 1.165) is 6.42 Å². The molecule has 0 radical (unpaired) electrons. The lowest BCUT2D eigenvalue weighted by molar-refractivity contribution is -0.150. The Morgan fingerprint density at radius 3 is 2.45 bits per heavy atom. The van der Waals surface area contributed by atoms with Crippen LogP contribution in [0.5, 0.6) is 0 Å². The summed E-state index contributed by atoms with van der Waals surface area (Å²) in [5.74, 6) is -0.776. The molecule has 0 saturated carbocycles. The minimum absolute atomic E-state index is 0.0168. The molecule has 1 N–H and O–H groups in total. The second-order valence-electron chi connectivity index (χ2n) is 6.16. The number of urea groups is 1. The fourth-order valence-corrected chi connectivity index (χ4v) is 3.18. The third-order valence-corrected chi connectivity index (χ3v) is 4.85. The van der Waals surface area contributed by atoms with Crippen LogP contribution in [-0.2, 0) is 9.53 Å². The van der Waals surface area contributed by atoms with Crippen LogP contribution in [0.1, 0.15) is 26.7 Å². The van der Waals surface area contributed by atoms with Gasteiger partial charge in [0.05, 0.1) is 11.5 Å². The molecule has 0 bridgehead atoms. The molecule has 20 heavy (non-hydrogen) atoms. The van der Waals surface area contributed by atoms with Crippen molar-refractivity contribution in [1.82, 2.24) is 9.80 Å². The highest BCUT2D eigenvalue weighted by molar-refractivity contribution is 5.80. The van der Waals surface area contributed by atoms with Gasteiger partial charge in [-0.1, -0.05) is 13.8 Å². The average Bonchev–Trinajstić information content (AvgIpc) is 3.05. The number of rotatable bonds is 3. The Labute approximate surface area is 119 Å². The van der Waals surface area contributed by atoms with Gasteiger partial charge in [-0.25, -0.2) is 4.79 Å². The van der Waals surface area contributed by atoms with Crippen LogP contribution in [0, 0.1) is 11.3 Å². The lowest BCUT2D eigenvalue weighted by atomic mass is 9.76. The monoisotopic (exact) mass is 284 g/mol. The molecule has 0 aromatic rings. The van der Waals surface area contributed by atoms with Gasteiger partial charge in [0.25, 0.3) is 0 Å². The van der Waals surface area contributed by atoms with Gasteiger partial charge >= 0.3 is 12.0 Å². The van der Waals surface area contributed by atoms with E-state index in [1.54, 1.807) is 16.9 Å². The Balaban J connectivity index is 2.02. The van der Waals surface area contributed by atoms with Gasteiger partial charge in [-0.05, 0) is 18.8 Å². The van der Waals surface area contributed by atoms with Crippen LogP contribution in [0.25, 0.3) is 0 Å². The number of likely N-dealkylation sites (tertiary alicyclic amines) is 2. The first kappa shape index (κ1) is 15.1. The van der Waals surface area contributed by atoms with Gasteiger partial charge in [0.2, 0.25) is 0 Å². The third-order valence-electron chi connectivity index (χ3n) is 4.85. The Kier molecular flexibility index (Phi) is 4.22. The highest BCUT2D eigenvalue weighted by Crippen LogP contribution is 2.38. The molecule has 2 fully saturated rings. The van der Waals surface area contributed by atoms with Gasteiger partial charge in [-0.2, -0.15) is 0 Å². The quantitative estimate of drug-likeness (QED) is 0.847. The summed E-state index contributed by atoms with van der Waals surface area (Å²) in [5, 5.41) is 9.51. The van der Waals surface area contributed by atoms with E-state index in [4.69, 9.17) is 4.74 Å². The SMILES string of the molecule is COC1CCN(C(=O)N2CCC(C(=O)O)(C(C)C)C2)C1. The smallest absolute Gasteiger partial charge is 0.320 e. The Bertz CT molecular complexity index is 399. The van der Waals surface area contributed by atoms with Crippen molar-refractivity contribution in [3.05, 3.63) is 0 Å². The first-order chi connectivity index (χ1) is 9.40. The number of carbonyl (C=O) groups is 2. The predicted molar refractivity (Wildman–Crippen MR) is 73.5 cm³/mol. The van der Waals surface area contributed by atoms with E-state index in [2.05, 4.69) is 0 Å². The number of hydrogen-bond acceptors (Lipinski definition) is 3. The molecule has 2 amide bonds. The summed E-state index contributed by atoms with van der Waals surface area (Å²) in [4.78, 5) is 27.5. The van der Waals surface area contributed by atoms with Crippen molar-refractivity contribution in [3.63, 3.8) is 0 Å². The molecular weight excluding hydrogens is 260 g/mol. The molecule has 2 heterocycles. The molecule has 0 aromatic heterocycles. The van der Waals surface area contributed by atoms with Crippen LogP contribution < -0.4 is 0 Å². The molecule has 114 valence electrons. The molecule has 2 aliphatic rings. The average molecular weight is 284 g/mol. The number of ether oxygens (including phenoxy) is 1. The first-order valence-corrected chi connectivity index (χ1v) is 7.20. The molecule has 0 aromatic carbocycles. The number of amides is 2. The summed E-state index contributed by atoms with van der Waals surface area (Å²) in [6.45, 7) is 5.96. The molecule has 6 heteroatoms. The van der Waals surface area contributed by atoms with E-state index in [-0.39, 0.29) is 18.1 Å². The van der Waals surface area contributed by atoms with Crippen LogP contribution >= 0.6 is 0 Å². The van der Waals surface area contributed by atoms with Gasteiger partial charge in [-0.15, -0.1) is 0 Å². The van der Waals surface area contributed by atoms with Crippen LogP contribution in [-0.4, -0.2) is 66.3 Å². The summed E-state index contributed by atoms with van der Waals surface area (Å²) in [6, 6.07) is -0.0478.